The monoisotopic (exact) mass is 347 g/mol. The minimum atomic E-state index is -0.448. The number of carbonyl (C=O) groups excluding carboxylic acids is 1. The molecule has 134 valence electrons. The minimum Gasteiger partial charge on any atom is -0.493 e. The van der Waals surface area contributed by atoms with Gasteiger partial charge >= 0.3 is 5.69 Å². The topological polar surface area (TPSA) is 82.8 Å². The van der Waals surface area contributed by atoms with E-state index in [0.717, 1.165) is 4.57 Å². The Morgan fingerprint density at radius 1 is 1.16 bits per heavy atom. The van der Waals surface area contributed by atoms with Gasteiger partial charge in [0.2, 0.25) is 0 Å². The van der Waals surface area contributed by atoms with E-state index in [9.17, 15) is 14.4 Å². The molecule has 8 heteroatoms. The van der Waals surface area contributed by atoms with Gasteiger partial charge in [-0.3, -0.25) is 18.7 Å². The van der Waals surface area contributed by atoms with Gasteiger partial charge in [-0.2, -0.15) is 0 Å². The third-order valence-electron chi connectivity index (χ3n) is 3.83. The average Bonchev–Trinajstić information content (AvgIpc) is 2.60. The first-order chi connectivity index (χ1) is 11.8. The molecule has 0 atom stereocenters. The van der Waals surface area contributed by atoms with Crippen molar-refractivity contribution in [2.75, 3.05) is 21.2 Å². The Bertz CT molecular complexity index is 911. The maximum atomic E-state index is 12.3. The Labute approximate surface area is 144 Å². The molecule has 0 aliphatic rings. The second kappa shape index (κ2) is 7.25. The normalized spacial score (nSPS) is 10.4. The molecule has 0 saturated carbocycles. The fraction of sp³-hybridized carbons (Fsp3) is 0.353. The first-order valence-electron chi connectivity index (χ1n) is 7.55. The highest BCUT2D eigenvalue weighted by atomic mass is 16.5. The van der Waals surface area contributed by atoms with Gasteiger partial charge in [-0.1, -0.05) is 6.07 Å². The molecule has 0 N–H and O–H groups in total. The molecular weight excluding hydrogens is 326 g/mol. The fourth-order valence-corrected chi connectivity index (χ4v) is 2.30. The number of benzene rings is 1. The summed E-state index contributed by atoms with van der Waals surface area (Å²) in [5, 5.41) is 0. The van der Waals surface area contributed by atoms with Crippen molar-refractivity contribution in [2.45, 2.75) is 6.61 Å². The van der Waals surface area contributed by atoms with Crippen molar-refractivity contribution in [1.82, 2.24) is 14.0 Å². The molecule has 0 aliphatic heterocycles. The van der Waals surface area contributed by atoms with E-state index in [0.29, 0.717) is 17.0 Å². The number of methoxy groups -OCH3 is 1. The third-order valence-corrected chi connectivity index (χ3v) is 3.83. The molecule has 0 unspecified atom stereocenters. The highest BCUT2D eigenvalue weighted by Crippen LogP contribution is 2.32. The lowest BCUT2D eigenvalue weighted by Gasteiger charge is -2.18. The van der Waals surface area contributed by atoms with Crippen LogP contribution in [0.15, 0.2) is 33.9 Å². The predicted octanol–water partition coefficient (Wildman–Crippen LogP) is 0.373. The Morgan fingerprint density at radius 3 is 2.44 bits per heavy atom. The highest BCUT2D eigenvalue weighted by molar-refractivity contribution is 5.97. The number of amides is 1. The van der Waals surface area contributed by atoms with Gasteiger partial charge in [-0.05, 0) is 12.1 Å². The standard InChI is InChI=1S/C17H21N3O5/c1-18(2)16(22)12-7-6-8-13(24-5)15(12)25-10-11-9-14(21)20(4)17(23)19(11)3/h6-9H,10H2,1-5H3. The molecule has 0 bridgehead atoms. The lowest BCUT2D eigenvalue weighted by Crippen LogP contribution is -2.38. The average molecular weight is 347 g/mol. The quantitative estimate of drug-likeness (QED) is 0.781. The van der Waals surface area contributed by atoms with Crippen LogP contribution in [0.25, 0.3) is 0 Å². The first-order valence-corrected chi connectivity index (χ1v) is 7.55. The SMILES string of the molecule is COc1cccc(C(=O)N(C)C)c1OCc1cc(=O)n(C)c(=O)n1C. The van der Waals surface area contributed by atoms with Crippen LogP contribution in [0.3, 0.4) is 0 Å². The molecule has 1 aromatic carbocycles. The van der Waals surface area contributed by atoms with E-state index in [1.165, 1.54) is 29.7 Å². The number of nitrogens with zero attached hydrogens (tertiary/aromatic N) is 3. The number of hydrogen-bond donors (Lipinski definition) is 0. The number of aromatic nitrogens is 2. The van der Waals surface area contributed by atoms with E-state index < -0.39 is 11.2 Å². The minimum absolute atomic E-state index is 0.0596. The lowest BCUT2D eigenvalue weighted by molar-refractivity contribution is 0.0821. The van der Waals surface area contributed by atoms with Gasteiger partial charge in [0, 0.05) is 34.3 Å². The van der Waals surface area contributed by atoms with Gasteiger partial charge in [0.15, 0.2) is 11.5 Å². The van der Waals surface area contributed by atoms with Crippen molar-refractivity contribution in [3.05, 3.63) is 56.4 Å². The summed E-state index contributed by atoms with van der Waals surface area (Å²) in [7, 11) is 7.70. The fourth-order valence-electron chi connectivity index (χ4n) is 2.30. The van der Waals surface area contributed by atoms with Crippen molar-refractivity contribution in [3.8, 4) is 11.5 Å². The summed E-state index contributed by atoms with van der Waals surface area (Å²) in [6.45, 7) is -0.0596. The second-order valence-electron chi connectivity index (χ2n) is 5.70. The molecule has 1 amide bonds. The van der Waals surface area contributed by atoms with Crippen molar-refractivity contribution in [2.24, 2.45) is 14.1 Å². The third kappa shape index (κ3) is 3.57. The van der Waals surface area contributed by atoms with Crippen LogP contribution < -0.4 is 20.7 Å². The van der Waals surface area contributed by atoms with Crippen molar-refractivity contribution in [3.63, 3.8) is 0 Å². The Morgan fingerprint density at radius 2 is 1.84 bits per heavy atom. The van der Waals surface area contributed by atoms with E-state index in [1.807, 2.05) is 0 Å². The van der Waals surface area contributed by atoms with Gasteiger partial charge in [-0.25, -0.2) is 4.79 Å². The highest BCUT2D eigenvalue weighted by Gasteiger charge is 2.19. The van der Waals surface area contributed by atoms with Crippen LogP contribution in [0.1, 0.15) is 16.1 Å². The molecule has 8 nitrogen and oxygen atoms in total. The Hall–Kier alpha value is -3.03. The van der Waals surface area contributed by atoms with Crippen molar-refractivity contribution < 1.29 is 14.3 Å². The lowest BCUT2D eigenvalue weighted by atomic mass is 10.1. The number of hydrogen-bond acceptors (Lipinski definition) is 5. The maximum Gasteiger partial charge on any atom is 0.330 e. The van der Waals surface area contributed by atoms with E-state index >= 15 is 0 Å². The maximum absolute atomic E-state index is 12.3. The molecule has 25 heavy (non-hydrogen) atoms. The van der Waals surface area contributed by atoms with Gasteiger partial charge < -0.3 is 14.4 Å². The summed E-state index contributed by atoms with van der Waals surface area (Å²) >= 11 is 0. The number of rotatable bonds is 5. The summed E-state index contributed by atoms with van der Waals surface area (Å²) < 4.78 is 13.4. The zero-order valence-corrected chi connectivity index (χ0v) is 14.9. The zero-order chi connectivity index (χ0) is 18.7. The van der Waals surface area contributed by atoms with Crippen LogP contribution in [0.5, 0.6) is 11.5 Å². The van der Waals surface area contributed by atoms with E-state index in [2.05, 4.69) is 0 Å². The number of ether oxygens (including phenoxy) is 2. The molecule has 0 spiro atoms. The smallest absolute Gasteiger partial charge is 0.330 e. The van der Waals surface area contributed by atoms with Gasteiger partial charge in [0.25, 0.3) is 11.5 Å². The van der Waals surface area contributed by atoms with E-state index in [1.54, 1.807) is 39.3 Å². The van der Waals surface area contributed by atoms with Crippen molar-refractivity contribution >= 4 is 5.91 Å². The largest absolute Gasteiger partial charge is 0.493 e. The van der Waals surface area contributed by atoms with Crippen LogP contribution in [0, 0.1) is 0 Å². The zero-order valence-electron chi connectivity index (χ0n) is 14.9. The summed E-state index contributed by atoms with van der Waals surface area (Å²) in [5.41, 5.74) is -0.150. The molecule has 0 saturated heterocycles. The molecule has 1 aromatic heterocycles. The number of carbonyl (C=O) groups is 1. The van der Waals surface area contributed by atoms with Gasteiger partial charge in [0.05, 0.1) is 18.4 Å². The summed E-state index contributed by atoms with van der Waals surface area (Å²) in [6, 6.07) is 6.31. The van der Waals surface area contributed by atoms with Gasteiger partial charge in [-0.15, -0.1) is 0 Å². The van der Waals surface area contributed by atoms with Crippen LogP contribution >= 0.6 is 0 Å². The van der Waals surface area contributed by atoms with Crippen LogP contribution in [-0.2, 0) is 20.7 Å². The summed E-state index contributed by atoms with van der Waals surface area (Å²) in [5.74, 6) is 0.408. The van der Waals surface area contributed by atoms with Gasteiger partial charge in [0.1, 0.15) is 6.61 Å². The predicted molar refractivity (Wildman–Crippen MR) is 92.3 cm³/mol. The number of para-hydroxylation sites is 1. The molecule has 0 aliphatic carbocycles. The molecule has 2 aromatic rings. The Kier molecular flexibility index (Phi) is 5.31. The van der Waals surface area contributed by atoms with Crippen LogP contribution in [0.2, 0.25) is 0 Å². The van der Waals surface area contributed by atoms with Crippen molar-refractivity contribution in [1.29, 1.82) is 0 Å². The molecule has 2 rings (SSSR count). The van der Waals surface area contributed by atoms with E-state index in [4.69, 9.17) is 9.47 Å². The molecule has 1 heterocycles. The summed E-state index contributed by atoms with van der Waals surface area (Å²) in [6.07, 6.45) is 0. The molecule has 0 fully saturated rings. The van der Waals surface area contributed by atoms with E-state index in [-0.39, 0.29) is 18.3 Å². The Balaban J connectivity index is 2.43. The first kappa shape index (κ1) is 18.3. The van der Waals surface area contributed by atoms with Crippen LogP contribution in [0.4, 0.5) is 0 Å². The molecule has 0 radical (unpaired) electrons. The summed E-state index contributed by atoms with van der Waals surface area (Å²) in [4.78, 5) is 37.6. The second-order valence-corrected chi connectivity index (χ2v) is 5.70. The molecular formula is C17H21N3O5. The van der Waals surface area contributed by atoms with Crippen LogP contribution in [-0.4, -0.2) is 41.1 Å².